The molecule has 10 heavy (non-hydrogen) atoms. The highest BCUT2D eigenvalue weighted by atomic mass is 35.5. The van der Waals surface area contributed by atoms with Gasteiger partial charge >= 0.3 is 0 Å². The minimum Gasteiger partial charge on any atom is -0.122 e. The molecule has 0 bridgehead atoms. The topological polar surface area (TPSA) is 0 Å². The molecule has 0 aromatic heterocycles. The fourth-order valence-electron chi connectivity index (χ4n) is 0.500. The average molecular weight is 157 g/mol. The van der Waals surface area contributed by atoms with Gasteiger partial charge in [0.15, 0.2) is 0 Å². The van der Waals surface area contributed by atoms with Crippen LogP contribution in [0.15, 0.2) is 12.2 Å². The predicted molar refractivity (Wildman–Crippen MR) is 47.2 cm³/mol. The molecule has 0 fully saturated rings. The maximum absolute atomic E-state index is 5.39. The van der Waals surface area contributed by atoms with Gasteiger partial charge in [-0.1, -0.05) is 31.3 Å². The Morgan fingerprint density at radius 3 is 2.90 bits per heavy atom. The van der Waals surface area contributed by atoms with E-state index in [0.29, 0.717) is 5.88 Å². The molecule has 0 aliphatic heterocycles. The third kappa shape index (κ3) is 7.59. The first-order valence-electron chi connectivity index (χ1n) is 3.61. The molecule has 0 aromatic carbocycles. The predicted octanol–water partition coefficient (Wildman–Crippen LogP) is 2.98. The van der Waals surface area contributed by atoms with Crippen molar-refractivity contribution in [2.45, 2.75) is 26.2 Å². The van der Waals surface area contributed by atoms with Crippen LogP contribution < -0.4 is 0 Å². The van der Waals surface area contributed by atoms with Gasteiger partial charge in [-0.15, -0.1) is 11.6 Å². The van der Waals surface area contributed by atoms with Gasteiger partial charge in [-0.2, -0.15) is 0 Å². The summed E-state index contributed by atoms with van der Waals surface area (Å²) in [5, 5.41) is 0. The van der Waals surface area contributed by atoms with Gasteiger partial charge < -0.3 is 0 Å². The van der Waals surface area contributed by atoms with Crippen molar-refractivity contribution in [3.05, 3.63) is 12.2 Å². The van der Waals surface area contributed by atoms with Crippen LogP contribution in [0.1, 0.15) is 26.2 Å². The van der Waals surface area contributed by atoms with Crippen LogP contribution in [0.3, 0.4) is 0 Å². The van der Waals surface area contributed by atoms with Crippen LogP contribution in [0, 0.1) is 11.8 Å². The van der Waals surface area contributed by atoms with Crippen LogP contribution in [0.25, 0.3) is 0 Å². The lowest BCUT2D eigenvalue weighted by molar-refractivity contribution is 0.828. The molecule has 0 N–H and O–H groups in total. The molecular formula is C9H13Cl. The summed E-state index contributed by atoms with van der Waals surface area (Å²) in [4.78, 5) is 0. The van der Waals surface area contributed by atoms with E-state index >= 15 is 0 Å². The standard InChI is InChI=1S/C9H13Cl/c1-2-3-4-5-6-7-8-9-10/h7-8H,2-4,9H2,1H3/b8-7-. The van der Waals surface area contributed by atoms with Gasteiger partial charge in [-0.25, -0.2) is 0 Å². The van der Waals surface area contributed by atoms with Gasteiger partial charge in [0.25, 0.3) is 0 Å². The molecule has 0 nitrogen and oxygen atoms in total. The summed E-state index contributed by atoms with van der Waals surface area (Å²) >= 11 is 5.39. The molecule has 0 rings (SSSR count). The van der Waals surface area contributed by atoms with Gasteiger partial charge in [0.2, 0.25) is 0 Å². The Hall–Kier alpha value is -0.410. The van der Waals surface area contributed by atoms with Crippen LogP contribution in [-0.4, -0.2) is 5.88 Å². The minimum absolute atomic E-state index is 0.558. The number of hydrogen-bond acceptors (Lipinski definition) is 0. The van der Waals surface area contributed by atoms with Crippen LogP contribution in [-0.2, 0) is 0 Å². The fourth-order valence-corrected chi connectivity index (χ4v) is 0.589. The van der Waals surface area contributed by atoms with Gasteiger partial charge in [-0.05, 0) is 12.5 Å². The molecule has 0 aromatic rings. The summed E-state index contributed by atoms with van der Waals surface area (Å²) in [6.45, 7) is 2.16. The number of allylic oxidation sites excluding steroid dienone is 2. The first kappa shape index (κ1) is 9.59. The number of halogens is 1. The highest BCUT2D eigenvalue weighted by molar-refractivity contribution is 6.18. The molecule has 0 atom stereocenters. The SMILES string of the molecule is CCCCC#C/C=C\CCl. The molecule has 0 saturated carbocycles. The number of rotatable bonds is 3. The highest BCUT2D eigenvalue weighted by Crippen LogP contribution is 1.90. The van der Waals surface area contributed by atoms with E-state index in [1.165, 1.54) is 12.8 Å². The van der Waals surface area contributed by atoms with Gasteiger partial charge in [0, 0.05) is 12.3 Å². The highest BCUT2D eigenvalue weighted by Gasteiger charge is 1.73. The maximum atomic E-state index is 5.39. The van der Waals surface area contributed by atoms with Crippen molar-refractivity contribution in [3.63, 3.8) is 0 Å². The van der Waals surface area contributed by atoms with Crippen molar-refractivity contribution in [2.75, 3.05) is 5.88 Å². The monoisotopic (exact) mass is 156 g/mol. The second-order valence-electron chi connectivity index (χ2n) is 1.98. The summed E-state index contributed by atoms with van der Waals surface area (Å²) in [5.74, 6) is 6.49. The summed E-state index contributed by atoms with van der Waals surface area (Å²) < 4.78 is 0. The second kappa shape index (κ2) is 8.59. The summed E-state index contributed by atoms with van der Waals surface area (Å²) in [6.07, 6.45) is 7.07. The van der Waals surface area contributed by atoms with E-state index in [2.05, 4.69) is 18.8 Å². The molecule has 0 spiro atoms. The molecule has 0 unspecified atom stereocenters. The first-order valence-corrected chi connectivity index (χ1v) is 4.14. The Bertz CT molecular complexity index is 137. The van der Waals surface area contributed by atoms with Crippen LogP contribution in [0.2, 0.25) is 0 Å². The lowest BCUT2D eigenvalue weighted by Crippen LogP contribution is -1.65. The van der Waals surface area contributed by atoms with E-state index in [1.54, 1.807) is 0 Å². The molecule has 1 heteroatoms. The molecule has 0 aliphatic carbocycles. The summed E-state index contributed by atoms with van der Waals surface area (Å²) in [6, 6.07) is 0. The third-order valence-corrected chi connectivity index (χ3v) is 1.23. The van der Waals surface area contributed by atoms with Crippen molar-refractivity contribution in [2.24, 2.45) is 0 Å². The number of unbranched alkanes of at least 4 members (excludes halogenated alkanes) is 2. The Labute approximate surface area is 68.3 Å². The van der Waals surface area contributed by atoms with E-state index in [9.17, 15) is 0 Å². The van der Waals surface area contributed by atoms with E-state index in [0.717, 1.165) is 6.42 Å². The molecule has 0 radical (unpaired) electrons. The Morgan fingerprint density at radius 2 is 2.30 bits per heavy atom. The zero-order valence-corrected chi connectivity index (χ0v) is 7.12. The van der Waals surface area contributed by atoms with Crippen LogP contribution in [0.4, 0.5) is 0 Å². The Kier molecular flexibility index (Phi) is 8.24. The zero-order valence-electron chi connectivity index (χ0n) is 6.36. The van der Waals surface area contributed by atoms with E-state index < -0.39 is 0 Å². The van der Waals surface area contributed by atoms with Crippen molar-refractivity contribution < 1.29 is 0 Å². The Balaban J connectivity index is 3.22. The van der Waals surface area contributed by atoms with E-state index in [-0.39, 0.29) is 0 Å². The zero-order chi connectivity index (χ0) is 7.66. The first-order chi connectivity index (χ1) is 4.91. The molecule has 0 aliphatic rings. The van der Waals surface area contributed by atoms with Crippen molar-refractivity contribution in [3.8, 4) is 11.8 Å². The van der Waals surface area contributed by atoms with Gasteiger partial charge in [0.05, 0.1) is 0 Å². The largest absolute Gasteiger partial charge is 0.122 e. The van der Waals surface area contributed by atoms with E-state index in [1.807, 2.05) is 12.2 Å². The van der Waals surface area contributed by atoms with Crippen molar-refractivity contribution in [1.82, 2.24) is 0 Å². The molecular weight excluding hydrogens is 144 g/mol. The third-order valence-electron chi connectivity index (χ3n) is 1.05. The molecule has 0 heterocycles. The number of hydrogen-bond donors (Lipinski definition) is 0. The minimum atomic E-state index is 0.558. The summed E-state index contributed by atoms with van der Waals surface area (Å²) in [5.41, 5.74) is 0. The average Bonchev–Trinajstić information content (AvgIpc) is 1.97. The maximum Gasteiger partial charge on any atom is 0.0413 e. The second-order valence-corrected chi connectivity index (χ2v) is 2.29. The van der Waals surface area contributed by atoms with Crippen LogP contribution >= 0.6 is 11.6 Å². The van der Waals surface area contributed by atoms with Crippen molar-refractivity contribution in [1.29, 1.82) is 0 Å². The fraction of sp³-hybridized carbons (Fsp3) is 0.556. The Morgan fingerprint density at radius 1 is 1.50 bits per heavy atom. The van der Waals surface area contributed by atoms with Gasteiger partial charge in [-0.3, -0.25) is 0 Å². The smallest absolute Gasteiger partial charge is 0.0413 e. The molecule has 0 saturated heterocycles. The summed E-state index contributed by atoms with van der Waals surface area (Å²) in [7, 11) is 0. The molecule has 0 amide bonds. The van der Waals surface area contributed by atoms with Crippen LogP contribution in [0.5, 0.6) is 0 Å². The van der Waals surface area contributed by atoms with Gasteiger partial charge in [0.1, 0.15) is 0 Å². The van der Waals surface area contributed by atoms with E-state index in [4.69, 9.17) is 11.6 Å². The normalized spacial score (nSPS) is 9.40. The lowest BCUT2D eigenvalue weighted by Gasteiger charge is -1.81. The van der Waals surface area contributed by atoms with Crippen molar-refractivity contribution >= 4 is 11.6 Å². The number of alkyl halides is 1. The quantitative estimate of drug-likeness (QED) is 0.335. The lowest BCUT2D eigenvalue weighted by atomic mass is 10.2. The molecule has 56 valence electrons.